The van der Waals surface area contributed by atoms with Gasteiger partial charge in [0.05, 0.1) is 29.5 Å². The van der Waals surface area contributed by atoms with Crippen LogP contribution in [0.1, 0.15) is 12.0 Å². The number of azo groups is 1. The summed E-state index contributed by atoms with van der Waals surface area (Å²) in [6.07, 6.45) is 0.266. The summed E-state index contributed by atoms with van der Waals surface area (Å²) in [4.78, 5) is 12.2. The second kappa shape index (κ2) is 7.20. The first-order valence-electron chi connectivity index (χ1n) is 8.95. The summed E-state index contributed by atoms with van der Waals surface area (Å²) in [6.45, 7) is 0.442. The van der Waals surface area contributed by atoms with E-state index in [1.54, 1.807) is 10.6 Å². The van der Waals surface area contributed by atoms with E-state index in [9.17, 15) is 18.3 Å². The van der Waals surface area contributed by atoms with Crippen LogP contribution in [0.25, 0.3) is 10.9 Å². The third kappa shape index (κ3) is 3.55. The first-order chi connectivity index (χ1) is 13.4. The number of carbonyl (C=O) groups is 1. The molecule has 0 radical (unpaired) electrons. The largest absolute Gasteiger partial charge is 0.493 e. The summed E-state index contributed by atoms with van der Waals surface area (Å²) < 4.78 is 24.8. The molecule has 1 N–H and O–H groups in total. The first kappa shape index (κ1) is 18.4. The maximum Gasteiger partial charge on any atom is 0.268 e. The molecule has 1 aliphatic heterocycles. The molecule has 2 heterocycles. The van der Waals surface area contributed by atoms with Crippen molar-refractivity contribution >= 4 is 32.3 Å². The fraction of sp³-hybridized carbons (Fsp3) is 0.250. The molecule has 3 aromatic rings. The summed E-state index contributed by atoms with van der Waals surface area (Å²) in [6, 6.07) is 17.0. The fourth-order valence-corrected chi connectivity index (χ4v) is 5.20. The maximum atomic E-state index is 12.2. The van der Waals surface area contributed by atoms with E-state index in [0.717, 1.165) is 11.1 Å². The molecule has 8 heteroatoms. The van der Waals surface area contributed by atoms with E-state index < -0.39 is 21.7 Å². The molecule has 1 aliphatic rings. The van der Waals surface area contributed by atoms with Crippen LogP contribution in [-0.2, 0) is 21.2 Å². The van der Waals surface area contributed by atoms with Gasteiger partial charge in [-0.05, 0) is 18.1 Å². The van der Waals surface area contributed by atoms with Crippen molar-refractivity contribution in [3.8, 4) is 5.88 Å². The molecule has 2 aromatic carbocycles. The lowest BCUT2D eigenvalue weighted by Crippen LogP contribution is -2.13. The van der Waals surface area contributed by atoms with E-state index in [0.29, 0.717) is 11.9 Å². The zero-order chi connectivity index (χ0) is 19.7. The molecular formula is C20H19N3O4S. The van der Waals surface area contributed by atoms with Crippen molar-refractivity contribution in [1.29, 1.82) is 0 Å². The Labute approximate surface area is 162 Å². The number of carbonyl (C=O) groups excluding carboxylic acids is 1. The first-order valence-corrected chi connectivity index (χ1v) is 10.8. The van der Waals surface area contributed by atoms with Crippen molar-refractivity contribution in [2.24, 2.45) is 16.1 Å². The summed E-state index contributed by atoms with van der Waals surface area (Å²) in [5.74, 6) is -1.50. The smallest absolute Gasteiger partial charge is 0.268 e. The van der Waals surface area contributed by atoms with Crippen LogP contribution in [-0.4, -0.2) is 35.5 Å². The van der Waals surface area contributed by atoms with Gasteiger partial charge in [-0.15, -0.1) is 10.2 Å². The Hall–Kier alpha value is -3.00. The van der Waals surface area contributed by atoms with Gasteiger partial charge in [0.2, 0.25) is 5.88 Å². The number of aromatic hydroxyl groups is 1. The SMILES string of the molecule is O=C(N=Nc1c(O)n(Cc2ccccc2)c2ccccc12)[C@@H]1CCS(=O)(=O)C1. The predicted octanol–water partition coefficient (Wildman–Crippen LogP) is 3.44. The second-order valence-corrected chi connectivity index (χ2v) is 9.13. The highest BCUT2D eigenvalue weighted by atomic mass is 32.2. The molecule has 144 valence electrons. The van der Waals surface area contributed by atoms with Gasteiger partial charge in [0.1, 0.15) is 0 Å². The molecule has 1 saturated heterocycles. The van der Waals surface area contributed by atoms with Gasteiger partial charge in [0.25, 0.3) is 5.91 Å². The molecule has 0 spiro atoms. The minimum Gasteiger partial charge on any atom is -0.493 e. The molecule has 1 fully saturated rings. The standard InChI is InChI=1S/C20H19N3O4S/c24-19(15-10-11-28(26,27)13-15)22-21-18-16-8-4-5-9-17(16)23(20(18)25)12-14-6-2-1-3-7-14/h1-9,15,25H,10-13H2/t15-/m1/s1. The van der Waals surface area contributed by atoms with Gasteiger partial charge in [-0.2, -0.15) is 0 Å². The van der Waals surface area contributed by atoms with Gasteiger partial charge in [0.15, 0.2) is 15.5 Å². The minimum atomic E-state index is -3.17. The lowest BCUT2D eigenvalue weighted by molar-refractivity contribution is -0.121. The second-order valence-electron chi connectivity index (χ2n) is 6.90. The number of hydrogen-bond acceptors (Lipinski definition) is 5. The Bertz CT molecular complexity index is 1170. The zero-order valence-corrected chi connectivity index (χ0v) is 15.8. The predicted molar refractivity (Wildman–Crippen MR) is 105 cm³/mol. The molecule has 28 heavy (non-hydrogen) atoms. The number of sulfone groups is 1. The number of hydrogen-bond donors (Lipinski definition) is 1. The van der Waals surface area contributed by atoms with Gasteiger partial charge in [0, 0.05) is 5.39 Å². The van der Waals surface area contributed by atoms with E-state index in [1.165, 1.54) is 0 Å². The monoisotopic (exact) mass is 397 g/mol. The molecule has 0 aliphatic carbocycles. The maximum absolute atomic E-state index is 12.2. The number of rotatable bonds is 4. The van der Waals surface area contributed by atoms with E-state index in [-0.39, 0.29) is 29.5 Å². The molecule has 1 atom stereocenters. The molecule has 7 nitrogen and oxygen atoms in total. The van der Waals surface area contributed by atoms with Gasteiger partial charge >= 0.3 is 0 Å². The number of benzene rings is 2. The molecular weight excluding hydrogens is 378 g/mol. The van der Waals surface area contributed by atoms with E-state index in [4.69, 9.17) is 0 Å². The van der Waals surface area contributed by atoms with Crippen LogP contribution in [0.15, 0.2) is 64.8 Å². The Morgan fingerprint density at radius 3 is 2.54 bits per heavy atom. The third-order valence-electron chi connectivity index (χ3n) is 4.93. The van der Waals surface area contributed by atoms with Crippen LogP contribution in [0.3, 0.4) is 0 Å². The summed E-state index contributed by atoms with van der Waals surface area (Å²) in [5.41, 5.74) is 1.99. The van der Waals surface area contributed by atoms with E-state index in [2.05, 4.69) is 10.2 Å². The highest BCUT2D eigenvalue weighted by Crippen LogP contribution is 2.39. The average Bonchev–Trinajstić information content (AvgIpc) is 3.18. The van der Waals surface area contributed by atoms with Crippen molar-refractivity contribution in [3.05, 3.63) is 60.2 Å². The Kier molecular flexibility index (Phi) is 4.72. The summed E-state index contributed by atoms with van der Waals surface area (Å²) in [5, 5.41) is 19.1. The van der Waals surface area contributed by atoms with E-state index >= 15 is 0 Å². The van der Waals surface area contributed by atoms with Crippen molar-refractivity contribution in [1.82, 2.24) is 4.57 Å². The summed E-state index contributed by atoms with van der Waals surface area (Å²) in [7, 11) is -3.17. The number of amides is 1. The average molecular weight is 397 g/mol. The van der Waals surface area contributed by atoms with Crippen molar-refractivity contribution < 1.29 is 18.3 Å². The number of aromatic nitrogens is 1. The molecule has 0 unspecified atom stereocenters. The van der Waals surface area contributed by atoms with Crippen LogP contribution in [0, 0.1) is 5.92 Å². The van der Waals surface area contributed by atoms with Crippen molar-refractivity contribution in [3.63, 3.8) is 0 Å². The van der Waals surface area contributed by atoms with Gasteiger partial charge < -0.3 is 9.67 Å². The molecule has 0 bridgehead atoms. The van der Waals surface area contributed by atoms with Crippen LogP contribution >= 0.6 is 0 Å². The molecule has 0 saturated carbocycles. The van der Waals surface area contributed by atoms with Gasteiger partial charge in [-0.3, -0.25) is 4.79 Å². The topological polar surface area (TPSA) is 101 Å². The number of fused-ring (bicyclic) bond motifs is 1. The number of para-hydroxylation sites is 1. The highest BCUT2D eigenvalue weighted by Gasteiger charge is 2.33. The quantitative estimate of drug-likeness (QED) is 0.681. The van der Waals surface area contributed by atoms with Gasteiger partial charge in [-0.1, -0.05) is 48.5 Å². The lowest BCUT2D eigenvalue weighted by Gasteiger charge is -2.06. The number of nitrogens with zero attached hydrogens (tertiary/aromatic N) is 3. The van der Waals surface area contributed by atoms with Crippen LogP contribution < -0.4 is 0 Å². The highest BCUT2D eigenvalue weighted by molar-refractivity contribution is 7.91. The van der Waals surface area contributed by atoms with Gasteiger partial charge in [-0.25, -0.2) is 8.42 Å². The molecule has 1 amide bonds. The van der Waals surface area contributed by atoms with Crippen LogP contribution in [0.4, 0.5) is 5.69 Å². The van der Waals surface area contributed by atoms with E-state index in [1.807, 2.05) is 48.5 Å². The minimum absolute atomic E-state index is 0.000555. The normalized spacial score (nSPS) is 18.8. The van der Waals surface area contributed by atoms with Crippen molar-refractivity contribution in [2.75, 3.05) is 11.5 Å². The Balaban J connectivity index is 1.68. The zero-order valence-electron chi connectivity index (χ0n) is 15.0. The lowest BCUT2D eigenvalue weighted by atomic mass is 10.1. The Morgan fingerprint density at radius 1 is 1.11 bits per heavy atom. The summed E-state index contributed by atoms with van der Waals surface area (Å²) >= 11 is 0. The van der Waals surface area contributed by atoms with Crippen molar-refractivity contribution in [2.45, 2.75) is 13.0 Å². The Morgan fingerprint density at radius 2 is 1.82 bits per heavy atom. The van der Waals surface area contributed by atoms with Crippen LogP contribution in [0.2, 0.25) is 0 Å². The molecule has 1 aromatic heterocycles. The third-order valence-corrected chi connectivity index (χ3v) is 6.70. The molecule has 4 rings (SSSR count). The van der Waals surface area contributed by atoms with Crippen LogP contribution in [0.5, 0.6) is 5.88 Å². The fourth-order valence-electron chi connectivity index (χ4n) is 3.47.